The summed E-state index contributed by atoms with van der Waals surface area (Å²) in [4.78, 5) is 14.0. The Morgan fingerprint density at radius 2 is 2.50 bits per heavy atom. The van der Waals surface area contributed by atoms with Crippen LogP contribution in [-0.4, -0.2) is 56.4 Å². The maximum atomic E-state index is 11.8. The number of nitrogens with two attached hydrogens (primary N) is 1. The molecule has 1 saturated heterocycles. The summed E-state index contributed by atoms with van der Waals surface area (Å²) in [5, 5.41) is 0. The van der Waals surface area contributed by atoms with Gasteiger partial charge in [-0.15, -0.1) is 0 Å². The molecule has 1 amide bonds. The SMILES string of the molecule is COCC1(C(N)=O)CCCN1CC1=CCCOC1. The molecule has 0 aliphatic carbocycles. The Morgan fingerprint density at radius 3 is 3.11 bits per heavy atom. The van der Waals surface area contributed by atoms with Crippen LogP contribution in [-0.2, 0) is 14.3 Å². The first-order valence-corrected chi connectivity index (χ1v) is 6.48. The third-order valence-corrected chi connectivity index (χ3v) is 3.84. The Kier molecular flexibility index (Phi) is 4.37. The molecule has 0 aromatic rings. The number of amides is 1. The second kappa shape index (κ2) is 5.82. The van der Waals surface area contributed by atoms with Gasteiger partial charge in [-0.2, -0.15) is 0 Å². The highest BCUT2D eigenvalue weighted by Crippen LogP contribution is 2.30. The van der Waals surface area contributed by atoms with Crippen LogP contribution in [0.5, 0.6) is 0 Å². The van der Waals surface area contributed by atoms with Gasteiger partial charge in [0.15, 0.2) is 0 Å². The maximum Gasteiger partial charge on any atom is 0.240 e. The van der Waals surface area contributed by atoms with Crippen molar-refractivity contribution in [3.63, 3.8) is 0 Å². The molecule has 2 heterocycles. The second-order valence-corrected chi connectivity index (χ2v) is 5.06. The molecule has 18 heavy (non-hydrogen) atoms. The van der Waals surface area contributed by atoms with Gasteiger partial charge < -0.3 is 15.2 Å². The van der Waals surface area contributed by atoms with Crippen LogP contribution in [0.3, 0.4) is 0 Å². The van der Waals surface area contributed by atoms with Crippen molar-refractivity contribution in [3.8, 4) is 0 Å². The molecule has 1 fully saturated rings. The number of carbonyl (C=O) groups is 1. The third kappa shape index (κ3) is 2.58. The highest BCUT2D eigenvalue weighted by Gasteiger charge is 2.46. The number of carbonyl (C=O) groups excluding carboxylic acids is 1. The first-order chi connectivity index (χ1) is 8.69. The van der Waals surface area contributed by atoms with E-state index in [1.807, 2.05) is 0 Å². The Hall–Kier alpha value is -0.910. The average molecular weight is 254 g/mol. The lowest BCUT2D eigenvalue weighted by Gasteiger charge is -2.36. The van der Waals surface area contributed by atoms with E-state index < -0.39 is 5.54 Å². The zero-order valence-corrected chi connectivity index (χ0v) is 11.0. The van der Waals surface area contributed by atoms with Gasteiger partial charge in [-0.05, 0) is 31.4 Å². The van der Waals surface area contributed by atoms with Gasteiger partial charge in [0.2, 0.25) is 5.91 Å². The molecular formula is C13H22N2O3. The maximum absolute atomic E-state index is 11.8. The first kappa shape index (κ1) is 13.5. The Balaban J connectivity index is 2.09. The highest BCUT2D eigenvalue weighted by molar-refractivity contribution is 5.85. The van der Waals surface area contributed by atoms with Gasteiger partial charge in [-0.3, -0.25) is 9.69 Å². The van der Waals surface area contributed by atoms with Crippen LogP contribution >= 0.6 is 0 Å². The quantitative estimate of drug-likeness (QED) is 0.717. The largest absolute Gasteiger partial charge is 0.382 e. The number of hydrogen-bond acceptors (Lipinski definition) is 4. The highest BCUT2D eigenvalue weighted by atomic mass is 16.5. The topological polar surface area (TPSA) is 64.8 Å². The Bertz CT molecular complexity index is 343. The summed E-state index contributed by atoms with van der Waals surface area (Å²) in [6.07, 6.45) is 4.93. The van der Waals surface area contributed by atoms with Gasteiger partial charge in [-0.1, -0.05) is 6.08 Å². The molecule has 5 nitrogen and oxygen atoms in total. The van der Waals surface area contributed by atoms with E-state index in [1.54, 1.807) is 7.11 Å². The van der Waals surface area contributed by atoms with Crippen LogP contribution in [0.25, 0.3) is 0 Å². The summed E-state index contributed by atoms with van der Waals surface area (Å²) >= 11 is 0. The van der Waals surface area contributed by atoms with Crippen molar-refractivity contribution in [2.45, 2.75) is 24.8 Å². The number of nitrogens with zero attached hydrogens (tertiary/aromatic N) is 1. The number of primary amides is 1. The fraction of sp³-hybridized carbons (Fsp3) is 0.769. The lowest BCUT2D eigenvalue weighted by Crippen LogP contribution is -2.57. The fourth-order valence-corrected chi connectivity index (χ4v) is 2.88. The molecule has 5 heteroatoms. The second-order valence-electron chi connectivity index (χ2n) is 5.06. The van der Waals surface area contributed by atoms with E-state index >= 15 is 0 Å². The molecule has 0 aromatic carbocycles. The third-order valence-electron chi connectivity index (χ3n) is 3.84. The van der Waals surface area contributed by atoms with Crippen molar-refractivity contribution in [3.05, 3.63) is 11.6 Å². The average Bonchev–Trinajstić information content (AvgIpc) is 2.75. The zero-order chi connectivity index (χ0) is 13.0. The van der Waals surface area contributed by atoms with Gasteiger partial charge in [0, 0.05) is 13.7 Å². The molecule has 2 N–H and O–H groups in total. The van der Waals surface area contributed by atoms with Crippen molar-refractivity contribution >= 4 is 5.91 Å². The van der Waals surface area contributed by atoms with Crippen LogP contribution in [0.1, 0.15) is 19.3 Å². The molecule has 1 unspecified atom stereocenters. The van der Waals surface area contributed by atoms with E-state index in [-0.39, 0.29) is 5.91 Å². The van der Waals surface area contributed by atoms with Crippen LogP contribution in [0.2, 0.25) is 0 Å². The predicted octanol–water partition coefficient (Wildman–Crippen LogP) is 0.299. The molecule has 2 aliphatic heterocycles. The van der Waals surface area contributed by atoms with E-state index in [4.69, 9.17) is 15.2 Å². The minimum absolute atomic E-state index is 0.279. The normalized spacial score (nSPS) is 29.3. The fourth-order valence-electron chi connectivity index (χ4n) is 2.88. The summed E-state index contributed by atoms with van der Waals surface area (Å²) in [5.41, 5.74) is 6.21. The molecule has 1 atom stereocenters. The van der Waals surface area contributed by atoms with Crippen molar-refractivity contribution in [1.29, 1.82) is 0 Å². The van der Waals surface area contributed by atoms with Gasteiger partial charge in [0.05, 0.1) is 19.8 Å². The van der Waals surface area contributed by atoms with E-state index in [2.05, 4.69) is 11.0 Å². The standard InChI is InChI=1S/C13H22N2O3/c1-17-10-13(12(14)16)5-3-6-15(13)8-11-4-2-7-18-9-11/h4H,2-3,5-10H2,1H3,(H2,14,16). The van der Waals surface area contributed by atoms with Gasteiger partial charge in [-0.25, -0.2) is 0 Å². The van der Waals surface area contributed by atoms with Crippen molar-refractivity contribution < 1.29 is 14.3 Å². The Labute approximate surface area is 108 Å². The minimum Gasteiger partial charge on any atom is -0.382 e. The first-order valence-electron chi connectivity index (χ1n) is 6.48. The molecule has 2 rings (SSSR count). The molecule has 2 aliphatic rings. The van der Waals surface area contributed by atoms with E-state index in [1.165, 1.54) is 5.57 Å². The molecule has 102 valence electrons. The lowest BCUT2D eigenvalue weighted by molar-refractivity contribution is -0.131. The summed E-state index contributed by atoms with van der Waals surface area (Å²) < 4.78 is 10.7. The monoisotopic (exact) mass is 254 g/mol. The summed E-state index contributed by atoms with van der Waals surface area (Å²) in [7, 11) is 1.62. The number of ether oxygens (including phenoxy) is 2. The minimum atomic E-state index is -0.632. The number of hydrogen-bond donors (Lipinski definition) is 1. The van der Waals surface area contributed by atoms with Gasteiger partial charge in [0.25, 0.3) is 0 Å². The van der Waals surface area contributed by atoms with E-state index in [0.717, 1.165) is 39.0 Å². The smallest absolute Gasteiger partial charge is 0.240 e. The van der Waals surface area contributed by atoms with Crippen LogP contribution in [0.4, 0.5) is 0 Å². The number of methoxy groups -OCH3 is 1. The molecule has 0 spiro atoms. The zero-order valence-electron chi connectivity index (χ0n) is 11.0. The summed E-state index contributed by atoms with van der Waals surface area (Å²) in [6.45, 7) is 3.48. The molecule has 0 saturated carbocycles. The van der Waals surface area contributed by atoms with Crippen molar-refractivity contribution in [2.24, 2.45) is 5.73 Å². The van der Waals surface area contributed by atoms with Gasteiger partial charge >= 0.3 is 0 Å². The molecular weight excluding hydrogens is 232 g/mol. The number of rotatable bonds is 5. The molecule has 0 bridgehead atoms. The number of likely N-dealkylation sites (tertiary alicyclic amines) is 1. The van der Waals surface area contributed by atoms with Crippen LogP contribution in [0.15, 0.2) is 11.6 Å². The predicted molar refractivity (Wildman–Crippen MR) is 68.1 cm³/mol. The molecule has 0 aromatic heterocycles. The van der Waals surface area contributed by atoms with Crippen LogP contribution < -0.4 is 5.73 Å². The van der Waals surface area contributed by atoms with E-state index in [9.17, 15) is 4.79 Å². The Morgan fingerprint density at radius 1 is 1.67 bits per heavy atom. The lowest BCUT2D eigenvalue weighted by atomic mass is 9.95. The summed E-state index contributed by atoms with van der Waals surface area (Å²) in [6, 6.07) is 0. The molecule has 0 radical (unpaired) electrons. The van der Waals surface area contributed by atoms with E-state index in [0.29, 0.717) is 13.2 Å². The summed E-state index contributed by atoms with van der Waals surface area (Å²) in [5.74, 6) is -0.279. The van der Waals surface area contributed by atoms with Gasteiger partial charge in [0.1, 0.15) is 5.54 Å². The van der Waals surface area contributed by atoms with Crippen LogP contribution in [0, 0.1) is 0 Å². The van der Waals surface area contributed by atoms with Crippen molar-refractivity contribution in [2.75, 3.05) is 40.0 Å². The van der Waals surface area contributed by atoms with Crippen molar-refractivity contribution in [1.82, 2.24) is 4.90 Å².